The third-order valence-electron chi connectivity index (χ3n) is 5.43. The number of unbranched alkanes of at least 4 members (excludes halogenated alkanes) is 2. The van der Waals surface area contributed by atoms with E-state index in [2.05, 4.69) is 52.8 Å². The number of allylic oxidation sites excluding steroid dienone is 4. The molecule has 0 aliphatic heterocycles. The van der Waals surface area contributed by atoms with Crippen molar-refractivity contribution in [3.05, 3.63) is 23.8 Å². The summed E-state index contributed by atoms with van der Waals surface area (Å²) in [5.74, 6) is 0. The number of ether oxygens (including phenoxy) is 1. The maximum absolute atomic E-state index is 5.51. The minimum atomic E-state index is 0.429. The van der Waals surface area contributed by atoms with Crippen molar-refractivity contribution in [3.63, 3.8) is 0 Å². The van der Waals surface area contributed by atoms with E-state index < -0.39 is 0 Å². The fourth-order valence-electron chi connectivity index (χ4n) is 2.92. The third kappa shape index (κ3) is 11.6. The van der Waals surface area contributed by atoms with Gasteiger partial charge in [-0.05, 0) is 50.9 Å². The van der Waals surface area contributed by atoms with E-state index in [1.807, 2.05) is 7.11 Å². The second kappa shape index (κ2) is 13.8. The normalized spacial score (nSPS) is 14.6. The monoisotopic (exact) mass is 322 g/mol. The summed E-state index contributed by atoms with van der Waals surface area (Å²) in [6.45, 7) is 11.5. The zero-order valence-corrected chi connectivity index (χ0v) is 16.8. The van der Waals surface area contributed by atoms with Gasteiger partial charge < -0.3 is 4.74 Å². The van der Waals surface area contributed by atoms with Crippen LogP contribution < -0.4 is 0 Å². The van der Waals surface area contributed by atoms with Crippen LogP contribution in [-0.2, 0) is 4.74 Å². The lowest BCUT2D eigenvalue weighted by atomic mass is 9.80. The second-order valence-electron chi connectivity index (χ2n) is 7.39. The zero-order chi connectivity index (χ0) is 17.6. The average Bonchev–Trinajstić information content (AvgIpc) is 2.57. The molecule has 0 aromatic rings. The molecule has 0 spiro atoms. The lowest BCUT2D eigenvalue weighted by molar-refractivity contribution is 0.0876. The van der Waals surface area contributed by atoms with Crippen molar-refractivity contribution in [2.24, 2.45) is 5.41 Å². The molecule has 0 aromatic carbocycles. The van der Waals surface area contributed by atoms with E-state index in [0.717, 1.165) is 12.8 Å². The van der Waals surface area contributed by atoms with Gasteiger partial charge in [0.2, 0.25) is 0 Å². The molecule has 23 heavy (non-hydrogen) atoms. The summed E-state index contributed by atoms with van der Waals surface area (Å²) in [5, 5.41) is 0. The van der Waals surface area contributed by atoms with Gasteiger partial charge in [-0.15, -0.1) is 0 Å². The van der Waals surface area contributed by atoms with Gasteiger partial charge in [-0.25, -0.2) is 0 Å². The number of methoxy groups -OCH3 is 1. The minimum absolute atomic E-state index is 0.429. The molecule has 0 saturated heterocycles. The van der Waals surface area contributed by atoms with Gasteiger partial charge in [0.05, 0.1) is 6.10 Å². The van der Waals surface area contributed by atoms with Gasteiger partial charge in [0.15, 0.2) is 0 Å². The van der Waals surface area contributed by atoms with E-state index in [9.17, 15) is 0 Å². The summed E-state index contributed by atoms with van der Waals surface area (Å²) in [5.41, 5.74) is 2.03. The minimum Gasteiger partial charge on any atom is -0.381 e. The van der Waals surface area contributed by atoms with E-state index in [1.165, 1.54) is 56.9 Å². The van der Waals surface area contributed by atoms with Crippen LogP contribution >= 0.6 is 0 Å². The van der Waals surface area contributed by atoms with Crippen LogP contribution in [0.5, 0.6) is 0 Å². The van der Waals surface area contributed by atoms with Gasteiger partial charge in [-0.1, -0.05) is 77.2 Å². The summed E-state index contributed by atoms with van der Waals surface area (Å²) in [6.07, 6.45) is 19.8. The highest BCUT2D eigenvalue weighted by Gasteiger charge is 2.18. The first-order chi connectivity index (χ1) is 11.0. The molecule has 0 radical (unpaired) electrons. The summed E-state index contributed by atoms with van der Waals surface area (Å²) in [6, 6.07) is 0. The quantitative estimate of drug-likeness (QED) is 0.238. The average molecular weight is 323 g/mol. The molecule has 136 valence electrons. The maximum atomic E-state index is 5.51. The highest BCUT2D eigenvalue weighted by atomic mass is 16.5. The van der Waals surface area contributed by atoms with Crippen LogP contribution in [0.2, 0.25) is 0 Å². The van der Waals surface area contributed by atoms with E-state index in [1.54, 1.807) is 0 Å². The molecule has 0 saturated carbocycles. The van der Waals surface area contributed by atoms with Gasteiger partial charge >= 0.3 is 0 Å². The van der Waals surface area contributed by atoms with Crippen molar-refractivity contribution in [3.8, 4) is 0 Å². The first kappa shape index (κ1) is 22.4. The topological polar surface area (TPSA) is 9.23 Å². The molecule has 1 heteroatoms. The first-order valence-corrected chi connectivity index (χ1v) is 9.86. The van der Waals surface area contributed by atoms with Crippen molar-refractivity contribution < 1.29 is 4.74 Å². The molecule has 0 fully saturated rings. The molecule has 0 N–H and O–H groups in total. The Morgan fingerprint density at radius 3 is 2.35 bits per heavy atom. The first-order valence-electron chi connectivity index (χ1n) is 9.86. The molecule has 0 aliphatic rings. The van der Waals surface area contributed by atoms with E-state index >= 15 is 0 Å². The van der Waals surface area contributed by atoms with Gasteiger partial charge in [0.25, 0.3) is 0 Å². The third-order valence-corrected chi connectivity index (χ3v) is 5.43. The van der Waals surface area contributed by atoms with Gasteiger partial charge in [0.1, 0.15) is 0 Å². The Morgan fingerprint density at radius 1 is 1.09 bits per heavy atom. The molecular weight excluding hydrogens is 280 g/mol. The Balaban J connectivity index is 3.86. The van der Waals surface area contributed by atoms with Crippen molar-refractivity contribution in [1.29, 1.82) is 0 Å². The van der Waals surface area contributed by atoms with Crippen LogP contribution in [0.1, 0.15) is 98.8 Å². The fourth-order valence-corrected chi connectivity index (χ4v) is 2.92. The van der Waals surface area contributed by atoms with E-state index in [0.29, 0.717) is 11.5 Å². The van der Waals surface area contributed by atoms with Crippen LogP contribution in [0.3, 0.4) is 0 Å². The van der Waals surface area contributed by atoms with E-state index in [-0.39, 0.29) is 0 Å². The Kier molecular flexibility index (Phi) is 13.5. The summed E-state index contributed by atoms with van der Waals surface area (Å²) in [7, 11) is 1.83. The molecule has 1 atom stereocenters. The van der Waals surface area contributed by atoms with E-state index in [4.69, 9.17) is 4.74 Å². The lowest BCUT2D eigenvalue weighted by Gasteiger charge is -2.26. The van der Waals surface area contributed by atoms with Gasteiger partial charge in [0, 0.05) is 7.11 Å². The standard InChI is InChI=1S/C22H42O/c1-7-15-21(23-6)18-17-20(4)16-13-11-10-12-14-19-22(5,8-2)9-3/h11,13,16,21H,7-10,12,14-15,17-19H2,1-6H3. The predicted octanol–water partition coefficient (Wildman–Crippen LogP) is 7.47. The highest BCUT2D eigenvalue weighted by molar-refractivity contribution is 5.10. The Bertz CT molecular complexity index is 323. The van der Waals surface area contributed by atoms with Crippen molar-refractivity contribution in [2.45, 2.75) is 105 Å². The van der Waals surface area contributed by atoms with Crippen LogP contribution in [0, 0.1) is 5.41 Å². The number of hydrogen-bond acceptors (Lipinski definition) is 1. The Labute approximate surface area is 146 Å². The summed E-state index contributed by atoms with van der Waals surface area (Å²) >= 11 is 0. The second-order valence-corrected chi connectivity index (χ2v) is 7.39. The molecule has 0 aliphatic carbocycles. The fraction of sp³-hybridized carbons (Fsp3) is 0.818. The van der Waals surface area contributed by atoms with Crippen molar-refractivity contribution >= 4 is 0 Å². The Hall–Kier alpha value is -0.560. The predicted molar refractivity (Wildman–Crippen MR) is 105 cm³/mol. The van der Waals surface area contributed by atoms with Gasteiger partial charge in [-0.2, -0.15) is 0 Å². The summed E-state index contributed by atoms with van der Waals surface area (Å²) < 4.78 is 5.51. The number of hydrogen-bond donors (Lipinski definition) is 0. The molecule has 0 heterocycles. The van der Waals surface area contributed by atoms with Crippen LogP contribution in [0.15, 0.2) is 23.8 Å². The van der Waals surface area contributed by atoms with Gasteiger partial charge in [-0.3, -0.25) is 0 Å². The van der Waals surface area contributed by atoms with Crippen LogP contribution in [-0.4, -0.2) is 13.2 Å². The molecule has 0 amide bonds. The van der Waals surface area contributed by atoms with Crippen molar-refractivity contribution in [2.75, 3.05) is 7.11 Å². The zero-order valence-electron chi connectivity index (χ0n) is 16.8. The highest BCUT2D eigenvalue weighted by Crippen LogP contribution is 2.31. The molecule has 1 nitrogen and oxygen atoms in total. The molecule has 0 bridgehead atoms. The van der Waals surface area contributed by atoms with Crippen LogP contribution in [0.4, 0.5) is 0 Å². The number of rotatable bonds is 14. The molecule has 0 rings (SSSR count). The molecular formula is C22H42O. The van der Waals surface area contributed by atoms with Crippen LogP contribution in [0.25, 0.3) is 0 Å². The van der Waals surface area contributed by atoms with Crippen molar-refractivity contribution in [1.82, 2.24) is 0 Å². The largest absolute Gasteiger partial charge is 0.381 e. The SMILES string of the molecule is CCCC(CCC(C)=CC=CCCCCC(C)(CC)CC)OC. The maximum Gasteiger partial charge on any atom is 0.0574 e. The lowest BCUT2D eigenvalue weighted by Crippen LogP contribution is -2.13. The smallest absolute Gasteiger partial charge is 0.0574 e. The Morgan fingerprint density at radius 2 is 1.78 bits per heavy atom. The molecule has 0 aromatic heterocycles. The molecule has 1 unspecified atom stereocenters. The summed E-state index contributed by atoms with van der Waals surface area (Å²) in [4.78, 5) is 0.